The second kappa shape index (κ2) is 8.59. The van der Waals surface area contributed by atoms with Crippen LogP contribution >= 0.6 is 0 Å². The van der Waals surface area contributed by atoms with Gasteiger partial charge in [-0.25, -0.2) is 9.97 Å². The number of hydrogen-bond donors (Lipinski definition) is 1. The maximum absolute atomic E-state index is 15.7. The van der Waals surface area contributed by atoms with Gasteiger partial charge in [-0.2, -0.15) is 4.39 Å². The summed E-state index contributed by atoms with van der Waals surface area (Å²) in [6.45, 7) is 4.36. The fourth-order valence-corrected chi connectivity index (χ4v) is 3.87. The third kappa shape index (κ3) is 3.71. The smallest absolute Gasteiger partial charge is 0.246 e. The first kappa shape index (κ1) is 21.2. The molecule has 2 N–H and O–H groups in total. The Kier molecular flexibility index (Phi) is 5.69. The Bertz CT molecular complexity index is 1250. The highest BCUT2D eigenvalue weighted by molar-refractivity contribution is 5.93. The van der Waals surface area contributed by atoms with Crippen LogP contribution in [0.4, 0.5) is 10.2 Å². The number of rotatable bonds is 4. The molecule has 0 aliphatic carbocycles. The Balaban J connectivity index is 1.81. The fraction of sp³-hybridized carbons (Fsp3) is 0.261. The Morgan fingerprint density at radius 1 is 1.25 bits per heavy atom. The van der Waals surface area contributed by atoms with Crippen LogP contribution in [-0.4, -0.2) is 52.7 Å². The summed E-state index contributed by atoms with van der Waals surface area (Å²) in [6.07, 6.45) is 3.12. The summed E-state index contributed by atoms with van der Waals surface area (Å²) in [7, 11) is 3.08. The number of carbonyl (C=O) groups is 1. The average molecular weight is 435 g/mol. The van der Waals surface area contributed by atoms with E-state index in [-0.39, 0.29) is 23.3 Å². The molecule has 1 unspecified atom stereocenters. The monoisotopic (exact) mass is 435 g/mol. The molecule has 3 heterocycles. The van der Waals surface area contributed by atoms with Gasteiger partial charge in [0.25, 0.3) is 0 Å². The molecular formula is C23H22FN5O3. The molecule has 1 amide bonds. The Labute approximate surface area is 184 Å². The molecule has 0 saturated carbocycles. The highest BCUT2D eigenvalue weighted by Crippen LogP contribution is 2.33. The number of methoxy groups -OCH3 is 2. The number of nitrogen functional groups attached to an aromatic ring is 1. The van der Waals surface area contributed by atoms with Crippen molar-refractivity contribution in [1.29, 1.82) is 0 Å². The molecule has 8 nitrogen and oxygen atoms in total. The summed E-state index contributed by atoms with van der Waals surface area (Å²) in [5, 5.41) is 0.348. The van der Waals surface area contributed by atoms with E-state index in [0.29, 0.717) is 47.6 Å². The van der Waals surface area contributed by atoms with Gasteiger partial charge < -0.3 is 20.1 Å². The van der Waals surface area contributed by atoms with Crippen molar-refractivity contribution in [3.05, 3.63) is 54.3 Å². The van der Waals surface area contributed by atoms with Crippen molar-refractivity contribution in [3.8, 4) is 23.3 Å². The lowest BCUT2D eigenvalue weighted by molar-refractivity contribution is -0.125. The van der Waals surface area contributed by atoms with Crippen LogP contribution in [0, 0.1) is 17.8 Å². The predicted octanol–water partition coefficient (Wildman–Crippen LogP) is 2.53. The van der Waals surface area contributed by atoms with E-state index in [9.17, 15) is 4.79 Å². The highest BCUT2D eigenvalue weighted by atomic mass is 19.1. The number of anilines is 1. The largest absolute Gasteiger partial charge is 0.497 e. The normalized spacial score (nSPS) is 15.3. The van der Waals surface area contributed by atoms with E-state index in [1.165, 1.54) is 17.0 Å². The summed E-state index contributed by atoms with van der Waals surface area (Å²) in [5.41, 5.74) is 7.11. The summed E-state index contributed by atoms with van der Waals surface area (Å²) >= 11 is 0. The third-order valence-electron chi connectivity index (χ3n) is 5.45. The second-order valence-electron chi connectivity index (χ2n) is 7.28. The zero-order chi connectivity index (χ0) is 22.8. The van der Waals surface area contributed by atoms with Gasteiger partial charge in [0.15, 0.2) is 0 Å². The van der Waals surface area contributed by atoms with Crippen LogP contribution in [0.1, 0.15) is 23.6 Å². The maximum atomic E-state index is 15.7. The van der Waals surface area contributed by atoms with Crippen molar-refractivity contribution in [1.82, 2.24) is 19.4 Å². The number of likely N-dealkylation sites (tertiary alicyclic amines) is 1. The third-order valence-corrected chi connectivity index (χ3v) is 5.45. The molecule has 1 saturated heterocycles. The SMILES string of the molecule is C=CC(=O)N1CCC(n2c(F)c(C#Cc3cc(OC)cc(OC)c3)c3c(N)ncnc32)C1. The van der Waals surface area contributed by atoms with Crippen LogP contribution in [0.15, 0.2) is 37.2 Å². The van der Waals surface area contributed by atoms with Gasteiger partial charge in [0.2, 0.25) is 11.9 Å². The summed E-state index contributed by atoms with van der Waals surface area (Å²) in [5.74, 6) is 6.37. The number of nitrogens with two attached hydrogens (primary N) is 1. The standard InChI is InChI=1S/C23H22FN5O3/c1-4-19(30)28-8-7-15(12-28)29-21(24)18(20-22(25)26-13-27-23(20)29)6-5-14-9-16(31-2)11-17(10-14)32-3/h4,9-11,13,15H,1,7-8,12H2,2-3H3,(H2,25,26,27). The van der Waals surface area contributed by atoms with Crippen LogP contribution < -0.4 is 15.2 Å². The topological polar surface area (TPSA) is 95.5 Å². The molecule has 0 bridgehead atoms. The molecule has 0 radical (unpaired) electrons. The lowest BCUT2D eigenvalue weighted by Crippen LogP contribution is -2.27. The number of carbonyl (C=O) groups excluding carboxylic acids is 1. The van der Waals surface area contributed by atoms with Gasteiger partial charge in [-0.05, 0) is 24.6 Å². The van der Waals surface area contributed by atoms with Crippen molar-refractivity contribution in [2.45, 2.75) is 12.5 Å². The fourth-order valence-electron chi connectivity index (χ4n) is 3.87. The number of benzene rings is 1. The van der Waals surface area contributed by atoms with Gasteiger partial charge in [0.05, 0.1) is 31.2 Å². The molecule has 1 aromatic carbocycles. The molecule has 32 heavy (non-hydrogen) atoms. The molecule has 4 rings (SSSR count). The van der Waals surface area contributed by atoms with E-state index < -0.39 is 5.95 Å². The van der Waals surface area contributed by atoms with Gasteiger partial charge >= 0.3 is 0 Å². The quantitative estimate of drug-likeness (QED) is 0.500. The number of hydrogen-bond acceptors (Lipinski definition) is 6. The van der Waals surface area contributed by atoms with Crippen molar-refractivity contribution < 1.29 is 18.7 Å². The highest BCUT2D eigenvalue weighted by Gasteiger charge is 2.31. The molecule has 2 aromatic heterocycles. The Hall–Kier alpha value is -4.06. The van der Waals surface area contributed by atoms with Crippen LogP contribution in [0.2, 0.25) is 0 Å². The minimum absolute atomic E-state index is 0.105. The number of fused-ring (bicyclic) bond motifs is 1. The van der Waals surface area contributed by atoms with Crippen LogP contribution in [-0.2, 0) is 4.79 Å². The zero-order valence-corrected chi connectivity index (χ0v) is 17.8. The minimum Gasteiger partial charge on any atom is -0.497 e. The van der Waals surface area contributed by atoms with Crippen molar-refractivity contribution >= 4 is 22.8 Å². The summed E-state index contributed by atoms with van der Waals surface area (Å²) in [4.78, 5) is 21.9. The zero-order valence-electron chi connectivity index (χ0n) is 17.8. The molecule has 1 aliphatic heterocycles. The molecule has 3 aromatic rings. The van der Waals surface area contributed by atoms with Crippen molar-refractivity contribution in [3.63, 3.8) is 0 Å². The molecule has 9 heteroatoms. The number of halogens is 1. The van der Waals surface area contributed by atoms with Crippen LogP contribution in [0.25, 0.3) is 11.0 Å². The summed E-state index contributed by atoms with van der Waals surface area (Å²) in [6, 6.07) is 4.87. The summed E-state index contributed by atoms with van der Waals surface area (Å²) < 4.78 is 27.7. The van der Waals surface area contributed by atoms with Gasteiger partial charge in [-0.1, -0.05) is 18.4 Å². The molecule has 1 fully saturated rings. The molecule has 164 valence electrons. The first-order valence-corrected chi connectivity index (χ1v) is 9.93. The Morgan fingerprint density at radius 2 is 1.97 bits per heavy atom. The molecule has 0 spiro atoms. The first-order valence-electron chi connectivity index (χ1n) is 9.93. The average Bonchev–Trinajstić information content (AvgIpc) is 3.39. The molecular weight excluding hydrogens is 413 g/mol. The van der Waals surface area contributed by atoms with Gasteiger partial charge in [-0.15, -0.1) is 0 Å². The number of amides is 1. The van der Waals surface area contributed by atoms with Gasteiger partial charge in [0, 0.05) is 24.7 Å². The molecule has 1 atom stereocenters. The van der Waals surface area contributed by atoms with E-state index in [2.05, 4.69) is 28.4 Å². The van der Waals surface area contributed by atoms with Crippen molar-refractivity contribution in [2.75, 3.05) is 33.0 Å². The number of nitrogens with zero attached hydrogens (tertiary/aromatic N) is 4. The number of ether oxygens (including phenoxy) is 2. The molecule has 1 aliphatic rings. The van der Waals surface area contributed by atoms with Gasteiger partial charge in [-0.3, -0.25) is 9.36 Å². The Morgan fingerprint density at radius 3 is 2.62 bits per heavy atom. The van der Waals surface area contributed by atoms with Crippen LogP contribution in [0.3, 0.4) is 0 Å². The minimum atomic E-state index is -0.563. The van der Waals surface area contributed by atoms with E-state index >= 15 is 4.39 Å². The number of aromatic nitrogens is 3. The predicted molar refractivity (Wildman–Crippen MR) is 118 cm³/mol. The lowest BCUT2D eigenvalue weighted by Gasteiger charge is -2.16. The van der Waals surface area contributed by atoms with Crippen molar-refractivity contribution in [2.24, 2.45) is 0 Å². The van der Waals surface area contributed by atoms with E-state index in [4.69, 9.17) is 15.2 Å². The van der Waals surface area contributed by atoms with E-state index in [1.807, 2.05) is 0 Å². The first-order chi connectivity index (χ1) is 15.5. The van der Waals surface area contributed by atoms with Gasteiger partial charge in [0.1, 0.15) is 29.3 Å². The van der Waals surface area contributed by atoms with Crippen LogP contribution in [0.5, 0.6) is 11.5 Å². The lowest BCUT2D eigenvalue weighted by atomic mass is 10.1. The maximum Gasteiger partial charge on any atom is 0.246 e. The van der Waals surface area contributed by atoms with E-state index in [0.717, 1.165) is 0 Å². The second-order valence-corrected chi connectivity index (χ2v) is 7.28. The van der Waals surface area contributed by atoms with E-state index in [1.54, 1.807) is 37.3 Å².